The molecule has 2 rings (SSSR count). The van der Waals surface area contributed by atoms with Crippen LogP contribution in [0.2, 0.25) is 0 Å². The van der Waals surface area contributed by atoms with Crippen LogP contribution in [-0.4, -0.2) is 25.0 Å². The summed E-state index contributed by atoms with van der Waals surface area (Å²) in [6.07, 6.45) is 5.58. The summed E-state index contributed by atoms with van der Waals surface area (Å²) >= 11 is 1.95. The Morgan fingerprint density at radius 1 is 1.22 bits per heavy atom. The van der Waals surface area contributed by atoms with Gasteiger partial charge < -0.3 is 5.32 Å². The maximum atomic E-state index is 3.22. The molecule has 0 atom stereocenters. The van der Waals surface area contributed by atoms with E-state index >= 15 is 0 Å². The lowest BCUT2D eigenvalue weighted by atomic mass is 9.87. The van der Waals surface area contributed by atoms with Gasteiger partial charge in [0.25, 0.3) is 0 Å². The van der Waals surface area contributed by atoms with Crippen molar-refractivity contribution in [3.8, 4) is 0 Å². The highest BCUT2D eigenvalue weighted by Crippen LogP contribution is 2.28. The molecule has 0 saturated heterocycles. The zero-order valence-electron chi connectivity index (χ0n) is 11.9. The van der Waals surface area contributed by atoms with E-state index < -0.39 is 0 Å². The summed E-state index contributed by atoms with van der Waals surface area (Å²) in [5.41, 5.74) is 0. The van der Waals surface area contributed by atoms with Crippen LogP contribution in [0.1, 0.15) is 42.4 Å². The van der Waals surface area contributed by atoms with Crippen molar-refractivity contribution in [2.75, 3.05) is 14.1 Å². The average molecular weight is 266 g/mol. The van der Waals surface area contributed by atoms with Gasteiger partial charge in [-0.3, -0.25) is 4.90 Å². The molecule has 1 N–H and O–H groups in total. The molecule has 1 aromatic rings. The van der Waals surface area contributed by atoms with E-state index in [1.54, 1.807) is 0 Å². The van der Waals surface area contributed by atoms with E-state index in [9.17, 15) is 0 Å². The Balaban J connectivity index is 1.84. The first-order valence-corrected chi connectivity index (χ1v) is 7.93. The number of thiophene rings is 1. The van der Waals surface area contributed by atoms with Crippen LogP contribution in [-0.2, 0) is 13.1 Å². The number of rotatable bonds is 5. The van der Waals surface area contributed by atoms with Gasteiger partial charge in [-0.2, -0.15) is 0 Å². The lowest BCUT2D eigenvalue weighted by molar-refractivity contribution is 0.165. The zero-order chi connectivity index (χ0) is 13.0. The second-order valence-electron chi connectivity index (χ2n) is 5.73. The van der Waals surface area contributed by atoms with Crippen molar-refractivity contribution in [2.24, 2.45) is 5.92 Å². The van der Waals surface area contributed by atoms with E-state index in [0.717, 1.165) is 25.0 Å². The minimum absolute atomic E-state index is 0.802. The molecule has 2 nitrogen and oxygen atoms in total. The lowest BCUT2D eigenvalue weighted by Gasteiger charge is -2.33. The molecule has 0 bridgehead atoms. The van der Waals surface area contributed by atoms with Crippen molar-refractivity contribution in [2.45, 2.75) is 51.7 Å². The van der Waals surface area contributed by atoms with Crippen LogP contribution in [0.15, 0.2) is 12.1 Å². The number of nitrogens with one attached hydrogen (secondary N) is 1. The smallest absolute Gasteiger partial charge is 0.0327 e. The number of nitrogens with zero attached hydrogens (tertiary/aromatic N) is 1. The van der Waals surface area contributed by atoms with Crippen LogP contribution in [0, 0.1) is 5.92 Å². The van der Waals surface area contributed by atoms with Gasteiger partial charge in [-0.05, 0) is 57.8 Å². The van der Waals surface area contributed by atoms with Gasteiger partial charge in [0.1, 0.15) is 0 Å². The molecule has 0 amide bonds. The van der Waals surface area contributed by atoms with Crippen LogP contribution in [0.4, 0.5) is 0 Å². The molecule has 0 unspecified atom stereocenters. The van der Waals surface area contributed by atoms with E-state index in [1.807, 2.05) is 18.4 Å². The fourth-order valence-electron chi connectivity index (χ4n) is 2.83. The maximum absolute atomic E-state index is 3.22. The van der Waals surface area contributed by atoms with Crippen LogP contribution < -0.4 is 5.32 Å². The highest BCUT2D eigenvalue weighted by molar-refractivity contribution is 7.11. The van der Waals surface area contributed by atoms with E-state index in [2.05, 4.69) is 36.3 Å². The van der Waals surface area contributed by atoms with Gasteiger partial charge in [-0.15, -0.1) is 11.3 Å². The summed E-state index contributed by atoms with van der Waals surface area (Å²) in [7, 11) is 4.30. The molecular weight excluding hydrogens is 240 g/mol. The SMILES string of the molecule is CNCc1ccc(CN(C)C2CCC(C)CC2)s1. The Labute approximate surface area is 115 Å². The quantitative estimate of drug-likeness (QED) is 0.878. The minimum atomic E-state index is 0.802. The molecule has 1 aromatic heterocycles. The third-order valence-corrected chi connectivity index (χ3v) is 5.15. The molecule has 3 heteroatoms. The van der Waals surface area contributed by atoms with Crippen molar-refractivity contribution in [1.29, 1.82) is 0 Å². The number of hydrogen-bond donors (Lipinski definition) is 1. The summed E-state index contributed by atoms with van der Waals surface area (Å²) < 4.78 is 0. The fourth-order valence-corrected chi connectivity index (χ4v) is 3.93. The Morgan fingerprint density at radius 2 is 1.89 bits per heavy atom. The molecule has 18 heavy (non-hydrogen) atoms. The summed E-state index contributed by atoms with van der Waals surface area (Å²) in [6.45, 7) is 4.50. The molecule has 1 fully saturated rings. The van der Waals surface area contributed by atoms with Crippen molar-refractivity contribution < 1.29 is 0 Å². The van der Waals surface area contributed by atoms with E-state index in [1.165, 1.54) is 35.4 Å². The van der Waals surface area contributed by atoms with Crippen molar-refractivity contribution >= 4 is 11.3 Å². The zero-order valence-corrected chi connectivity index (χ0v) is 12.7. The minimum Gasteiger partial charge on any atom is -0.315 e. The van der Waals surface area contributed by atoms with Crippen LogP contribution in [0.5, 0.6) is 0 Å². The monoisotopic (exact) mass is 266 g/mol. The summed E-state index contributed by atoms with van der Waals surface area (Å²) in [6, 6.07) is 5.35. The molecule has 1 heterocycles. The summed E-state index contributed by atoms with van der Waals surface area (Å²) in [4.78, 5) is 5.50. The van der Waals surface area contributed by atoms with Crippen LogP contribution in [0.3, 0.4) is 0 Å². The Morgan fingerprint density at radius 3 is 2.56 bits per heavy atom. The van der Waals surface area contributed by atoms with E-state index in [0.29, 0.717) is 0 Å². The highest BCUT2D eigenvalue weighted by Gasteiger charge is 2.21. The standard InChI is InChI=1S/C15H26N2S/c1-12-4-6-13(7-5-12)17(3)11-15-9-8-14(18-15)10-16-2/h8-9,12-13,16H,4-7,10-11H2,1-3H3. The Kier molecular flexibility index (Phi) is 5.22. The maximum Gasteiger partial charge on any atom is 0.0327 e. The molecule has 1 aliphatic carbocycles. The molecular formula is C15H26N2S. The predicted octanol–water partition coefficient (Wildman–Crippen LogP) is 3.48. The molecule has 1 saturated carbocycles. The first kappa shape index (κ1) is 14.0. The first-order valence-electron chi connectivity index (χ1n) is 7.11. The Bertz CT molecular complexity index is 353. The summed E-state index contributed by atoms with van der Waals surface area (Å²) in [5, 5.41) is 3.22. The molecule has 0 radical (unpaired) electrons. The summed E-state index contributed by atoms with van der Waals surface area (Å²) in [5.74, 6) is 0.943. The van der Waals surface area contributed by atoms with Gasteiger partial charge >= 0.3 is 0 Å². The second-order valence-corrected chi connectivity index (χ2v) is 6.98. The van der Waals surface area contributed by atoms with E-state index in [-0.39, 0.29) is 0 Å². The van der Waals surface area contributed by atoms with Gasteiger partial charge in [0.05, 0.1) is 0 Å². The fraction of sp³-hybridized carbons (Fsp3) is 0.733. The molecule has 0 aliphatic heterocycles. The van der Waals surface area contributed by atoms with Gasteiger partial charge in [0.2, 0.25) is 0 Å². The lowest BCUT2D eigenvalue weighted by Crippen LogP contribution is -2.34. The molecule has 1 aliphatic rings. The first-order chi connectivity index (χ1) is 8.69. The largest absolute Gasteiger partial charge is 0.315 e. The average Bonchev–Trinajstić information content (AvgIpc) is 2.78. The van der Waals surface area contributed by atoms with Crippen LogP contribution >= 0.6 is 11.3 Å². The van der Waals surface area contributed by atoms with Gasteiger partial charge in [-0.1, -0.05) is 6.92 Å². The van der Waals surface area contributed by atoms with Crippen molar-refractivity contribution in [1.82, 2.24) is 10.2 Å². The third kappa shape index (κ3) is 3.81. The normalized spacial score (nSPS) is 24.7. The molecule has 102 valence electrons. The number of hydrogen-bond acceptors (Lipinski definition) is 3. The topological polar surface area (TPSA) is 15.3 Å². The predicted molar refractivity (Wildman–Crippen MR) is 80.0 cm³/mol. The second kappa shape index (κ2) is 6.69. The van der Waals surface area contributed by atoms with Crippen molar-refractivity contribution in [3.63, 3.8) is 0 Å². The molecule has 0 aromatic carbocycles. The van der Waals surface area contributed by atoms with Crippen molar-refractivity contribution in [3.05, 3.63) is 21.9 Å². The molecule has 0 spiro atoms. The Hall–Kier alpha value is -0.380. The van der Waals surface area contributed by atoms with Gasteiger partial charge in [0.15, 0.2) is 0 Å². The van der Waals surface area contributed by atoms with E-state index in [4.69, 9.17) is 0 Å². The van der Waals surface area contributed by atoms with Gasteiger partial charge in [-0.25, -0.2) is 0 Å². The third-order valence-electron chi connectivity index (χ3n) is 4.08. The van der Waals surface area contributed by atoms with Gasteiger partial charge in [0, 0.05) is 28.9 Å². The highest BCUT2D eigenvalue weighted by atomic mass is 32.1. The van der Waals surface area contributed by atoms with Crippen LogP contribution in [0.25, 0.3) is 0 Å².